The maximum atomic E-state index is 12.5. The topological polar surface area (TPSA) is 92.0 Å². The Labute approximate surface area is 178 Å². The van der Waals surface area contributed by atoms with Crippen LogP contribution in [-0.2, 0) is 18.8 Å². The van der Waals surface area contributed by atoms with Gasteiger partial charge in [-0.05, 0) is 58.4 Å². The molecule has 9 heteroatoms. The fourth-order valence-electron chi connectivity index (χ4n) is 2.94. The molecule has 2 atom stereocenters. The van der Waals surface area contributed by atoms with Gasteiger partial charge in [-0.2, -0.15) is 0 Å². The highest BCUT2D eigenvalue weighted by atomic mass is 35.5. The first-order valence-electron chi connectivity index (χ1n) is 9.76. The summed E-state index contributed by atoms with van der Waals surface area (Å²) in [5.74, 6) is -0.0159. The summed E-state index contributed by atoms with van der Waals surface area (Å²) in [5, 5.41) is 3.59. The van der Waals surface area contributed by atoms with Crippen molar-refractivity contribution < 1.29 is 23.6 Å². The van der Waals surface area contributed by atoms with Crippen LogP contribution < -0.4 is 15.8 Å². The van der Waals surface area contributed by atoms with E-state index in [4.69, 9.17) is 36.1 Å². The van der Waals surface area contributed by atoms with E-state index in [0.717, 1.165) is 11.3 Å². The number of hydrogen-bond donors (Lipinski definition) is 2. The van der Waals surface area contributed by atoms with E-state index in [0.29, 0.717) is 18.1 Å². The van der Waals surface area contributed by atoms with Gasteiger partial charge >= 0.3 is 7.12 Å². The van der Waals surface area contributed by atoms with Crippen LogP contribution in [0, 0.1) is 6.92 Å². The van der Waals surface area contributed by atoms with Crippen LogP contribution in [0.5, 0.6) is 5.75 Å². The molecule has 3 N–H and O–H groups in total. The van der Waals surface area contributed by atoms with Crippen molar-refractivity contribution >= 4 is 24.6 Å². The molecule has 0 spiro atoms. The van der Waals surface area contributed by atoms with E-state index in [1.807, 2.05) is 46.8 Å². The minimum Gasteiger partial charge on any atom is -0.493 e. The Morgan fingerprint density at radius 2 is 1.90 bits per heavy atom. The number of carbonyl (C=O) groups is 1. The van der Waals surface area contributed by atoms with Crippen molar-refractivity contribution in [3.63, 3.8) is 0 Å². The molecular weight excluding hydrogens is 394 g/mol. The van der Waals surface area contributed by atoms with Crippen molar-refractivity contribution in [2.45, 2.75) is 64.2 Å². The molecule has 0 aliphatic carbocycles. The van der Waals surface area contributed by atoms with Gasteiger partial charge in [-0.25, -0.2) is 0 Å². The third-order valence-electron chi connectivity index (χ3n) is 5.43. The lowest BCUT2D eigenvalue weighted by atomic mass is 9.76. The van der Waals surface area contributed by atoms with Crippen molar-refractivity contribution in [3.05, 3.63) is 28.8 Å². The summed E-state index contributed by atoms with van der Waals surface area (Å²) in [6.07, 6.45) is 0.477. The van der Waals surface area contributed by atoms with Crippen LogP contribution in [0.3, 0.4) is 0 Å². The molecule has 1 amide bonds. The van der Waals surface area contributed by atoms with Crippen LogP contribution in [0.2, 0.25) is 5.02 Å². The zero-order valence-corrected chi connectivity index (χ0v) is 18.8. The summed E-state index contributed by atoms with van der Waals surface area (Å²) < 4.78 is 23.1. The monoisotopic (exact) mass is 426 g/mol. The standard InChI is InChI=1S/C20H32BClN2O5/c1-13-11-14(22)7-8-16(13)27-10-9-17(24-18(25)15(23)12-26-6)21-28-19(2,3)20(4,5)29-21/h7-8,11,15,17H,9-10,12,23H2,1-6H3,(H,24,25)/t15-,17-/m1/s1. The Morgan fingerprint density at radius 1 is 1.28 bits per heavy atom. The van der Waals surface area contributed by atoms with Gasteiger partial charge in [0.25, 0.3) is 0 Å². The molecule has 162 valence electrons. The quantitative estimate of drug-likeness (QED) is 0.590. The molecule has 1 aromatic rings. The van der Waals surface area contributed by atoms with Gasteiger partial charge in [-0.15, -0.1) is 0 Å². The van der Waals surface area contributed by atoms with Gasteiger partial charge in [0.1, 0.15) is 11.8 Å². The van der Waals surface area contributed by atoms with Gasteiger partial charge < -0.3 is 29.8 Å². The molecular formula is C20H32BClN2O5. The van der Waals surface area contributed by atoms with Crippen molar-refractivity contribution in [1.82, 2.24) is 5.32 Å². The van der Waals surface area contributed by atoms with E-state index in [1.165, 1.54) is 7.11 Å². The summed E-state index contributed by atoms with van der Waals surface area (Å²) in [4.78, 5) is 12.5. The first kappa shape index (κ1) is 24.0. The molecule has 29 heavy (non-hydrogen) atoms. The highest BCUT2D eigenvalue weighted by Crippen LogP contribution is 2.37. The van der Waals surface area contributed by atoms with E-state index >= 15 is 0 Å². The SMILES string of the molecule is COC[C@@H](N)C(=O)N[C@H](CCOc1ccc(Cl)cc1C)B1OC(C)(C)C(C)(C)O1. The Balaban J connectivity index is 2.07. The van der Waals surface area contributed by atoms with Crippen LogP contribution in [0.15, 0.2) is 18.2 Å². The fourth-order valence-corrected chi connectivity index (χ4v) is 3.17. The van der Waals surface area contributed by atoms with Crippen molar-refractivity contribution in [1.29, 1.82) is 0 Å². The third-order valence-corrected chi connectivity index (χ3v) is 5.67. The third kappa shape index (κ3) is 6.09. The van der Waals surface area contributed by atoms with Crippen molar-refractivity contribution in [2.75, 3.05) is 20.3 Å². The second kappa shape index (κ2) is 9.66. The molecule has 1 aromatic carbocycles. The van der Waals surface area contributed by atoms with Crippen LogP contribution in [0.4, 0.5) is 0 Å². The molecule has 0 aromatic heterocycles. The Morgan fingerprint density at radius 3 is 2.45 bits per heavy atom. The minimum atomic E-state index is -0.774. The number of carbonyl (C=O) groups excluding carboxylic acids is 1. The van der Waals surface area contributed by atoms with E-state index in [2.05, 4.69) is 5.32 Å². The van der Waals surface area contributed by atoms with Crippen molar-refractivity contribution in [2.24, 2.45) is 5.73 Å². The van der Waals surface area contributed by atoms with E-state index < -0.39 is 30.3 Å². The summed E-state index contributed by atoms with van der Waals surface area (Å²) in [7, 11) is 0.884. The number of hydrogen-bond acceptors (Lipinski definition) is 6. The predicted octanol–water partition coefficient (Wildman–Crippen LogP) is 2.51. The minimum absolute atomic E-state index is 0.127. The number of amides is 1. The van der Waals surface area contributed by atoms with Crippen LogP contribution in [0.1, 0.15) is 39.7 Å². The predicted molar refractivity (Wildman–Crippen MR) is 114 cm³/mol. The molecule has 0 radical (unpaired) electrons. The van der Waals surface area contributed by atoms with Crippen LogP contribution in [-0.4, -0.2) is 56.5 Å². The van der Waals surface area contributed by atoms with Crippen molar-refractivity contribution in [3.8, 4) is 5.75 Å². The maximum absolute atomic E-state index is 12.5. The zero-order chi connectivity index (χ0) is 21.8. The second-order valence-corrected chi connectivity index (χ2v) is 8.79. The first-order valence-corrected chi connectivity index (χ1v) is 10.1. The molecule has 1 saturated heterocycles. The maximum Gasteiger partial charge on any atom is 0.481 e. The molecule has 7 nitrogen and oxygen atoms in total. The van der Waals surface area contributed by atoms with Crippen LogP contribution >= 0.6 is 11.6 Å². The summed E-state index contributed by atoms with van der Waals surface area (Å²) >= 11 is 6.00. The lowest BCUT2D eigenvalue weighted by Gasteiger charge is -2.32. The normalized spacial score (nSPS) is 19.7. The van der Waals surface area contributed by atoms with Gasteiger partial charge in [-0.3, -0.25) is 4.79 Å². The molecule has 0 saturated carbocycles. The number of methoxy groups -OCH3 is 1. The van der Waals surface area contributed by atoms with Gasteiger partial charge in [0.2, 0.25) is 5.91 Å². The largest absolute Gasteiger partial charge is 0.493 e. The first-order chi connectivity index (χ1) is 13.5. The second-order valence-electron chi connectivity index (χ2n) is 8.35. The fraction of sp³-hybridized carbons (Fsp3) is 0.650. The number of benzene rings is 1. The molecule has 1 fully saturated rings. The highest BCUT2D eigenvalue weighted by Gasteiger charge is 2.54. The molecule has 1 aliphatic rings. The molecule has 0 bridgehead atoms. The summed E-state index contributed by atoms with van der Waals surface area (Å²) in [6.45, 7) is 10.3. The average molecular weight is 427 g/mol. The van der Waals surface area contributed by atoms with E-state index in [-0.39, 0.29) is 12.5 Å². The lowest BCUT2D eigenvalue weighted by Crippen LogP contribution is -2.54. The molecule has 2 rings (SSSR count). The lowest BCUT2D eigenvalue weighted by molar-refractivity contribution is -0.123. The summed E-state index contributed by atoms with van der Waals surface area (Å²) in [6, 6.07) is 4.67. The van der Waals surface area contributed by atoms with Gasteiger partial charge in [0.15, 0.2) is 0 Å². The number of ether oxygens (including phenoxy) is 2. The molecule has 1 aliphatic heterocycles. The number of nitrogens with one attached hydrogen (secondary N) is 1. The van der Waals surface area contributed by atoms with Crippen LogP contribution in [0.25, 0.3) is 0 Å². The van der Waals surface area contributed by atoms with E-state index in [9.17, 15) is 4.79 Å². The van der Waals surface area contributed by atoms with Gasteiger partial charge in [0, 0.05) is 18.6 Å². The number of halogens is 1. The zero-order valence-electron chi connectivity index (χ0n) is 18.1. The number of aryl methyl sites for hydroxylation is 1. The Kier molecular flexibility index (Phi) is 7.98. The highest BCUT2D eigenvalue weighted by molar-refractivity contribution is 6.48. The smallest absolute Gasteiger partial charge is 0.481 e. The number of nitrogens with two attached hydrogens (primary N) is 1. The Bertz CT molecular complexity index is 700. The Hall–Kier alpha value is -1.32. The van der Waals surface area contributed by atoms with E-state index in [1.54, 1.807) is 6.07 Å². The van der Waals surface area contributed by atoms with Gasteiger partial charge in [-0.1, -0.05) is 11.6 Å². The molecule has 0 unspecified atom stereocenters. The molecule has 1 heterocycles. The number of rotatable bonds is 9. The van der Waals surface area contributed by atoms with Gasteiger partial charge in [0.05, 0.1) is 30.4 Å². The average Bonchev–Trinajstić information content (AvgIpc) is 2.83. The summed E-state index contributed by atoms with van der Waals surface area (Å²) in [5.41, 5.74) is 5.79.